The molecule has 0 heterocycles. The van der Waals surface area contributed by atoms with Crippen LogP contribution < -0.4 is 10.1 Å². The topological polar surface area (TPSA) is 58.6 Å². The third-order valence-corrected chi connectivity index (χ3v) is 6.30. The first-order chi connectivity index (χ1) is 16.3. The van der Waals surface area contributed by atoms with Gasteiger partial charge in [-0.25, -0.2) is 0 Å². The Kier molecular flexibility index (Phi) is 8.97. The minimum Gasteiger partial charge on any atom is -0.484 e. The first-order valence-corrected chi connectivity index (χ1v) is 11.7. The smallest absolute Gasteiger partial charge is 0.261 e. The Bertz CT molecular complexity index is 1150. The van der Waals surface area contributed by atoms with Crippen LogP contribution in [-0.2, 0) is 22.6 Å². The number of hydrogen-bond donors (Lipinski definition) is 1. The molecule has 3 aromatic carbocycles. The van der Waals surface area contributed by atoms with Crippen molar-refractivity contribution in [2.45, 2.75) is 32.9 Å². The van der Waals surface area contributed by atoms with Gasteiger partial charge in [0.05, 0.1) is 0 Å². The van der Waals surface area contributed by atoms with Crippen LogP contribution in [0.1, 0.15) is 22.3 Å². The average Bonchev–Trinajstić information content (AvgIpc) is 2.83. The quantitative estimate of drug-likeness (QED) is 0.431. The maximum atomic E-state index is 13.5. The van der Waals surface area contributed by atoms with Crippen LogP contribution >= 0.6 is 23.2 Å². The maximum Gasteiger partial charge on any atom is 0.261 e. The third-order valence-electron chi connectivity index (χ3n) is 5.71. The van der Waals surface area contributed by atoms with Gasteiger partial charge in [0, 0.05) is 30.1 Å². The van der Waals surface area contributed by atoms with Crippen LogP contribution in [0.25, 0.3) is 0 Å². The Morgan fingerprint density at radius 3 is 2.35 bits per heavy atom. The maximum absolute atomic E-state index is 13.5. The number of ether oxygens (including phenoxy) is 1. The molecule has 5 nitrogen and oxygen atoms in total. The molecule has 3 aromatic rings. The van der Waals surface area contributed by atoms with E-state index in [9.17, 15) is 9.59 Å². The Hall–Kier alpha value is -3.02. The zero-order valence-electron chi connectivity index (χ0n) is 19.5. The molecule has 0 aliphatic heterocycles. The van der Waals surface area contributed by atoms with Gasteiger partial charge in [-0.2, -0.15) is 0 Å². The number of carbonyl (C=O) groups excluding carboxylic acids is 2. The van der Waals surface area contributed by atoms with Crippen molar-refractivity contribution in [3.63, 3.8) is 0 Å². The van der Waals surface area contributed by atoms with Crippen molar-refractivity contribution >= 4 is 35.0 Å². The van der Waals surface area contributed by atoms with E-state index in [1.54, 1.807) is 25.2 Å². The molecule has 1 atom stereocenters. The minimum absolute atomic E-state index is 0.135. The largest absolute Gasteiger partial charge is 0.484 e. The predicted octanol–water partition coefficient (Wildman–Crippen LogP) is 5.38. The minimum atomic E-state index is -0.755. The van der Waals surface area contributed by atoms with Crippen LogP contribution in [0.15, 0.2) is 66.7 Å². The Morgan fingerprint density at radius 1 is 0.971 bits per heavy atom. The van der Waals surface area contributed by atoms with Gasteiger partial charge < -0.3 is 15.0 Å². The van der Waals surface area contributed by atoms with Crippen molar-refractivity contribution in [3.05, 3.63) is 99.0 Å². The number of hydrogen-bond acceptors (Lipinski definition) is 3. The molecule has 0 aliphatic carbocycles. The van der Waals surface area contributed by atoms with Gasteiger partial charge in [-0.05, 0) is 60.4 Å². The summed E-state index contributed by atoms with van der Waals surface area (Å²) in [6, 6.07) is 19.6. The highest BCUT2D eigenvalue weighted by molar-refractivity contribution is 6.35. The van der Waals surface area contributed by atoms with Crippen molar-refractivity contribution in [1.29, 1.82) is 0 Å². The van der Waals surface area contributed by atoms with E-state index in [4.69, 9.17) is 27.9 Å². The fraction of sp³-hybridized carbons (Fsp3) is 0.259. The number of amides is 2. The summed E-state index contributed by atoms with van der Waals surface area (Å²) >= 11 is 12.5. The van der Waals surface area contributed by atoms with Gasteiger partial charge >= 0.3 is 0 Å². The van der Waals surface area contributed by atoms with E-state index in [0.29, 0.717) is 27.8 Å². The number of benzene rings is 3. The second-order valence-electron chi connectivity index (χ2n) is 8.11. The molecule has 34 heavy (non-hydrogen) atoms. The summed E-state index contributed by atoms with van der Waals surface area (Å²) < 4.78 is 5.81. The summed E-state index contributed by atoms with van der Waals surface area (Å²) in [6.45, 7) is 3.92. The van der Waals surface area contributed by atoms with Gasteiger partial charge in [0.1, 0.15) is 11.8 Å². The molecule has 0 bridgehead atoms. The summed E-state index contributed by atoms with van der Waals surface area (Å²) in [5, 5.41) is 3.61. The lowest BCUT2D eigenvalue weighted by Crippen LogP contribution is -2.51. The molecule has 2 amide bonds. The molecule has 178 valence electrons. The van der Waals surface area contributed by atoms with Crippen LogP contribution in [0, 0.1) is 13.8 Å². The molecule has 3 rings (SSSR count). The number of carbonyl (C=O) groups is 2. The van der Waals surface area contributed by atoms with E-state index in [0.717, 1.165) is 16.7 Å². The zero-order valence-corrected chi connectivity index (χ0v) is 21.0. The second kappa shape index (κ2) is 11.9. The van der Waals surface area contributed by atoms with E-state index in [1.807, 2.05) is 62.4 Å². The fourth-order valence-corrected chi connectivity index (χ4v) is 4.05. The summed E-state index contributed by atoms with van der Waals surface area (Å²) in [6.07, 6.45) is 0.348. The summed E-state index contributed by atoms with van der Waals surface area (Å²) in [7, 11) is 1.56. The summed E-state index contributed by atoms with van der Waals surface area (Å²) in [5.41, 5.74) is 3.83. The molecule has 0 radical (unpaired) electrons. The lowest BCUT2D eigenvalue weighted by Gasteiger charge is -2.31. The van der Waals surface area contributed by atoms with Crippen molar-refractivity contribution in [2.24, 2.45) is 0 Å². The highest BCUT2D eigenvalue weighted by Gasteiger charge is 2.30. The first kappa shape index (κ1) is 25.6. The SMILES string of the molecule is CNC(=O)C(Cc1ccccc1)N(Cc1ccc(Cl)cc1Cl)C(=O)COc1ccc(C)c(C)c1. The van der Waals surface area contributed by atoms with Gasteiger partial charge in [-0.1, -0.05) is 65.7 Å². The van der Waals surface area contributed by atoms with Gasteiger partial charge in [-0.15, -0.1) is 0 Å². The fourth-order valence-electron chi connectivity index (χ4n) is 3.59. The third kappa shape index (κ3) is 6.75. The molecule has 0 aromatic heterocycles. The molecule has 1 unspecified atom stereocenters. The van der Waals surface area contributed by atoms with Crippen molar-refractivity contribution < 1.29 is 14.3 Å². The Morgan fingerprint density at radius 2 is 1.71 bits per heavy atom. The number of likely N-dealkylation sites (N-methyl/N-ethyl adjacent to an activating group) is 1. The number of nitrogens with zero attached hydrogens (tertiary/aromatic N) is 1. The van der Waals surface area contributed by atoms with E-state index in [1.165, 1.54) is 4.90 Å². The number of rotatable bonds is 9. The number of aryl methyl sites for hydroxylation is 2. The van der Waals surface area contributed by atoms with E-state index in [-0.39, 0.29) is 25.0 Å². The molecular weight excluding hydrogens is 471 g/mol. The van der Waals surface area contributed by atoms with Gasteiger partial charge in [-0.3, -0.25) is 9.59 Å². The predicted molar refractivity (Wildman–Crippen MR) is 136 cm³/mol. The van der Waals surface area contributed by atoms with Crippen LogP contribution in [-0.4, -0.2) is 36.4 Å². The summed E-state index contributed by atoms with van der Waals surface area (Å²) in [5.74, 6) is 0.00252. The highest BCUT2D eigenvalue weighted by atomic mass is 35.5. The number of nitrogens with one attached hydrogen (secondary N) is 1. The molecule has 0 spiro atoms. The van der Waals surface area contributed by atoms with E-state index in [2.05, 4.69) is 5.32 Å². The molecular formula is C27H28Cl2N2O3. The molecule has 0 saturated carbocycles. The van der Waals surface area contributed by atoms with E-state index >= 15 is 0 Å². The molecule has 0 fully saturated rings. The lowest BCUT2D eigenvalue weighted by atomic mass is 10.0. The van der Waals surface area contributed by atoms with Crippen LogP contribution in [0.5, 0.6) is 5.75 Å². The molecule has 0 aliphatic rings. The van der Waals surface area contributed by atoms with Gasteiger partial charge in [0.2, 0.25) is 5.91 Å². The highest BCUT2D eigenvalue weighted by Crippen LogP contribution is 2.24. The summed E-state index contributed by atoms with van der Waals surface area (Å²) in [4.78, 5) is 27.9. The Balaban J connectivity index is 1.90. The van der Waals surface area contributed by atoms with E-state index < -0.39 is 6.04 Å². The monoisotopic (exact) mass is 498 g/mol. The van der Waals surface area contributed by atoms with Crippen molar-refractivity contribution in [3.8, 4) is 5.75 Å². The molecule has 7 heteroatoms. The van der Waals surface area contributed by atoms with Crippen LogP contribution in [0.2, 0.25) is 10.0 Å². The molecule has 0 saturated heterocycles. The molecule has 1 N–H and O–H groups in total. The van der Waals surface area contributed by atoms with Gasteiger partial charge in [0.15, 0.2) is 6.61 Å². The average molecular weight is 499 g/mol. The lowest BCUT2D eigenvalue weighted by molar-refractivity contribution is -0.142. The second-order valence-corrected chi connectivity index (χ2v) is 8.96. The normalized spacial score (nSPS) is 11.6. The van der Waals surface area contributed by atoms with Crippen molar-refractivity contribution in [1.82, 2.24) is 10.2 Å². The first-order valence-electron chi connectivity index (χ1n) is 11.0. The van der Waals surface area contributed by atoms with Gasteiger partial charge in [0.25, 0.3) is 5.91 Å². The van der Waals surface area contributed by atoms with Crippen LogP contribution in [0.4, 0.5) is 0 Å². The number of halogens is 2. The standard InChI is InChI=1S/C27H28Cl2N2O3/c1-18-9-12-23(13-19(18)2)34-17-26(32)31(16-21-10-11-22(28)15-24(21)29)25(27(33)30-3)14-20-7-5-4-6-8-20/h4-13,15,25H,14,16-17H2,1-3H3,(H,30,33). The van der Waals surface area contributed by atoms with Crippen molar-refractivity contribution in [2.75, 3.05) is 13.7 Å². The Labute approximate surface area is 210 Å². The zero-order chi connectivity index (χ0) is 24.7. The van der Waals surface area contributed by atoms with Crippen LogP contribution in [0.3, 0.4) is 0 Å².